The Morgan fingerprint density at radius 2 is 2.27 bits per heavy atom. The van der Waals surface area contributed by atoms with E-state index in [1.165, 1.54) is 0 Å². The minimum absolute atomic E-state index is 0.0895. The van der Waals surface area contributed by atoms with Gasteiger partial charge in [0.15, 0.2) is 0 Å². The molecule has 62 valence electrons. The van der Waals surface area contributed by atoms with E-state index in [0.717, 1.165) is 5.76 Å². The van der Waals surface area contributed by atoms with Crippen LogP contribution in [0.1, 0.15) is 12.8 Å². The van der Waals surface area contributed by atoms with E-state index in [9.17, 15) is 4.39 Å². The SMILES string of the molecule is CNC1=C(F)CCC(OC)=C1. The molecule has 0 amide bonds. The van der Waals surface area contributed by atoms with Crippen LogP contribution in [0.15, 0.2) is 23.4 Å². The summed E-state index contributed by atoms with van der Waals surface area (Å²) in [5, 5.41) is 2.77. The first-order chi connectivity index (χ1) is 5.27. The second-order valence-electron chi connectivity index (χ2n) is 2.38. The van der Waals surface area contributed by atoms with E-state index in [1.54, 1.807) is 20.2 Å². The highest BCUT2D eigenvalue weighted by Gasteiger charge is 2.11. The fraction of sp³-hybridized carbons (Fsp3) is 0.500. The Balaban J connectivity index is 2.78. The molecular formula is C8H12FNO. The third-order valence-corrected chi connectivity index (χ3v) is 1.72. The van der Waals surface area contributed by atoms with E-state index in [4.69, 9.17) is 4.74 Å². The Kier molecular flexibility index (Phi) is 2.52. The van der Waals surface area contributed by atoms with Gasteiger partial charge < -0.3 is 10.1 Å². The van der Waals surface area contributed by atoms with Crippen molar-refractivity contribution in [3.05, 3.63) is 23.4 Å². The summed E-state index contributed by atoms with van der Waals surface area (Å²) in [6.07, 6.45) is 2.79. The Morgan fingerprint density at radius 3 is 2.82 bits per heavy atom. The van der Waals surface area contributed by atoms with Gasteiger partial charge in [0.1, 0.15) is 5.83 Å². The van der Waals surface area contributed by atoms with E-state index in [1.807, 2.05) is 0 Å². The van der Waals surface area contributed by atoms with Crippen LogP contribution in [-0.2, 0) is 4.74 Å². The van der Waals surface area contributed by atoms with Crippen molar-refractivity contribution in [1.82, 2.24) is 5.32 Å². The molecule has 1 aliphatic carbocycles. The van der Waals surface area contributed by atoms with Crippen molar-refractivity contribution in [2.75, 3.05) is 14.2 Å². The van der Waals surface area contributed by atoms with Crippen LogP contribution in [0, 0.1) is 0 Å². The van der Waals surface area contributed by atoms with E-state index in [-0.39, 0.29) is 5.83 Å². The largest absolute Gasteiger partial charge is 0.501 e. The minimum Gasteiger partial charge on any atom is -0.501 e. The lowest BCUT2D eigenvalue weighted by Crippen LogP contribution is -2.10. The van der Waals surface area contributed by atoms with E-state index >= 15 is 0 Å². The molecule has 0 aromatic heterocycles. The highest BCUT2D eigenvalue weighted by molar-refractivity contribution is 5.26. The fourth-order valence-electron chi connectivity index (χ4n) is 1.05. The number of allylic oxidation sites excluding steroid dienone is 3. The maximum atomic E-state index is 12.9. The number of hydrogen-bond acceptors (Lipinski definition) is 2. The molecule has 0 aromatic carbocycles. The van der Waals surface area contributed by atoms with Crippen molar-refractivity contribution in [2.24, 2.45) is 0 Å². The average molecular weight is 157 g/mol. The highest BCUT2D eigenvalue weighted by Crippen LogP contribution is 2.23. The number of rotatable bonds is 2. The zero-order chi connectivity index (χ0) is 8.27. The van der Waals surface area contributed by atoms with Gasteiger partial charge in [-0.1, -0.05) is 0 Å². The number of methoxy groups -OCH3 is 1. The molecular weight excluding hydrogens is 145 g/mol. The Bertz CT molecular complexity index is 208. The summed E-state index contributed by atoms with van der Waals surface area (Å²) in [5.74, 6) is 0.740. The van der Waals surface area contributed by atoms with Crippen LogP contribution >= 0.6 is 0 Å². The van der Waals surface area contributed by atoms with Crippen molar-refractivity contribution in [2.45, 2.75) is 12.8 Å². The lowest BCUT2D eigenvalue weighted by molar-refractivity contribution is 0.271. The molecule has 1 N–H and O–H groups in total. The van der Waals surface area contributed by atoms with E-state index < -0.39 is 0 Å². The van der Waals surface area contributed by atoms with Crippen LogP contribution in [0.2, 0.25) is 0 Å². The van der Waals surface area contributed by atoms with Gasteiger partial charge in [0.25, 0.3) is 0 Å². The van der Waals surface area contributed by atoms with Gasteiger partial charge in [-0.2, -0.15) is 0 Å². The van der Waals surface area contributed by atoms with Crippen molar-refractivity contribution < 1.29 is 9.13 Å². The van der Waals surface area contributed by atoms with Gasteiger partial charge in [0, 0.05) is 26.0 Å². The first kappa shape index (κ1) is 8.11. The highest BCUT2D eigenvalue weighted by atomic mass is 19.1. The van der Waals surface area contributed by atoms with Gasteiger partial charge in [-0.3, -0.25) is 0 Å². The molecule has 0 aliphatic heterocycles. The van der Waals surface area contributed by atoms with Gasteiger partial charge >= 0.3 is 0 Å². The average Bonchev–Trinajstić information content (AvgIpc) is 2.05. The first-order valence-electron chi connectivity index (χ1n) is 3.59. The predicted molar refractivity (Wildman–Crippen MR) is 41.5 cm³/mol. The van der Waals surface area contributed by atoms with Crippen LogP contribution in [-0.4, -0.2) is 14.2 Å². The predicted octanol–water partition coefficient (Wildman–Crippen LogP) is 1.71. The lowest BCUT2D eigenvalue weighted by atomic mass is 10.1. The number of likely N-dealkylation sites (N-methyl/N-ethyl adjacent to an activating group) is 1. The second kappa shape index (κ2) is 3.42. The van der Waals surface area contributed by atoms with Crippen molar-refractivity contribution in [3.63, 3.8) is 0 Å². The summed E-state index contributed by atoms with van der Waals surface area (Å²) in [7, 11) is 3.30. The number of nitrogens with one attached hydrogen (secondary N) is 1. The summed E-state index contributed by atoms with van der Waals surface area (Å²) >= 11 is 0. The molecule has 1 aliphatic rings. The van der Waals surface area contributed by atoms with Crippen molar-refractivity contribution in [3.8, 4) is 0 Å². The molecule has 3 heteroatoms. The van der Waals surface area contributed by atoms with Crippen LogP contribution in [0.5, 0.6) is 0 Å². The number of hydrogen-bond donors (Lipinski definition) is 1. The van der Waals surface area contributed by atoms with Crippen LogP contribution < -0.4 is 5.32 Å². The summed E-state index contributed by atoms with van der Waals surface area (Å²) in [5.41, 5.74) is 0.535. The van der Waals surface area contributed by atoms with Crippen LogP contribution in [0.25, 0.3) is 0 Å². The first-order valence-corrected chi connectivity index (χ1v) is 3.59. The van der Waals surface area contributed by atoms with E-state index in [2.05, 4.69) is 5.32 Å². The monoisotopic (exact) mass is 157 g/mol. The van der Waals surface area contributed by atoms with Gasteiger partial charge in [0.2, 0.25) is 0 Å². The molecule has 0 atom stereocenters. The molecule has 2 nitrogen and oxygen atoms in total. The van der Waals surface area contributed by atoms with Gasteiger partial charge in [-0.25, -0.2) is 4.39 Å². The normalized spacial score (nSPS) is 17.9. The molecule has 0 bridgehead atoms. The Labute approximate surface area is 65.7 Å². The third kappa shape index (κ3) is 1.73. The number of ether oxygens (including phenoxy) is 1. The van der Waals surface area contributed by atoms with E-state index in [0.29, 0.717) is 18.5 Å². The smallest absolute Gasteiger partial charge is 0.124 e. The standard InChI is InChI=1S/C8H12FNO/c1-10-8-5-6(11-2)3-4-7(8)9/h5,10H,3-4H2,1-2H3. The zero-order valence-corrected chi connectivity index (χ0v) is 6.78. The van der Waals surface area contributed by atoms with Gasteiger partial charge in [-0.05, 0) is 0 Å². The summed E-state index contributed by atoms with van der Waals surface area (Å²) in [6.45, 7) is 0. The molecule has 11 heavy (non-hydrogen) atoms. The molecule has 0 heterocycles. The molecule has 1 rings (SSSR count). The topological polar surface area (TPSA) is 21.3 Å². The maximum absolute atomic E-state index is 12.9. The molecule has 0 spiro atoms. The molecule has 0 radical (unpaired) electrons. The second-order valence-corrected chi connectivity index (χ2v) is 2.38. The minimum atomic E-state index is -0.0895. The Morgan fingerprint density at radius 1 is 1.55 bits per heavy atom. The zero-order valence-electron chi connectivity index (χ0n) is 6.78. The van der Waals surface area contributed by atoms with Gasteiger partial charge in [-0.15, -0.1) is 0 Å². The molecule has 0 saturated heterocycles. The maximum Gasteiger partial charge on any atom is 0.124 e. The lowest BCUT2D eigenvalue weighted by Gasteiger charge is -2.13. The molecule has 0 aromatic rings. The molecule has 0 fully saturated rings. The quantitative estimate of drug-likeness (QED) is 0.658. The molecule has 0 unspecified atom stereocenters. The summed E-state index contributed by atoms with van der Waals surface area (Å²) < 4.78 is 17.9. The van der Waals surface area contributed by atoms with Crippen LogP contribution in [0.4, 0.5) is 4.39 Å². The van der Waals surface area contributed by atoms with Gasteiger partial charge in [0.05, 0.1) is 18.6 Å². The van der Waals surface area contributed by atoms with Crippen LogP contribution in [0.3, 0.4) is 0 Å². The molecule has 0 saturated carbocycles. The van der Waals surface area contributed by atoms with Crippen molar-refractivity contribution >= 4 is 0 Å². The fourth-order valence-corrected chi connectivity index (χ4v) is 1.05. The third-order valence-electron chi connectivity index (χ3n) is 1.72. The summed E-state index contributed by atoms with van der Waals surface area (Å²) in [4.78, 5) is 0. The Hall–Kier alpha value is -0.990. The van der Waals surface area contributed by atoms with Crippen molar-refractivity contribution in [1.29, 1.82) is 0 Å². The number of halogens is 1. The summed E-state index contributed by atoms with van der Waals surface area (Å²) in [6, 6.07) is 0.